The van der Waals surface area contributed by atoms with E-state index in [1.165, 1.54) is 25.7 Å². The Hall–Kier alpha value is -1.58. The minimum atomic E-state index is 0.103. The van der Waals surface area contributed by atoms with Gasteiger partial charge in [-0.05, 0) is 31.0 Å². The van der Waals surface area contributed by atoms with Gasteiger partial charge in [-0.25, -0.2) is 0 Å². The van der Waals surface area contributed by atoms with Crippen molar-refractivity contribution in [1.82, 2.24) is 15.2 Å². The summed E-state index contributed by atoms with van der Waals surface area (Å²) in [6.07, 6.45) is 6.05. The molecule has 2 fully saturated rings. The first kappa shape index (κ1) is 24.1. The summed E-state index contributed by atoms with van der Waals surface area (Å²) >= 11 is 8.26. The van der Waals surface area contributed by atoms with Gasteiger partial charge in [0.25, 0.3) is 0 Å². The van der Waals surface area contributed by atoms with E-state index in [0.717, 1.165) is 70.7 Å². The molecule has 3 atom stereocenters. The molecule has 1 saturated heterocycles. The molecular formula is C25H34ClN5O2S. The van der Waals surface area contributed by atoms with Crippen molar-refractivity contribution in [3.05, 3.63) is 28.9 Å². The first-order valence-corrected chi connectivity index (χ1v) is 13.8. The van der Waals surface area contributed by atoms with Crippen LogP contribution in [0, 0.1) is 5.92 Å². The van der Waals surface area contributed by atoms with Crippen molar-refractivity contribution in [2.24, 2.45) is 10.9 Å². The zero-order valence-corrected chi connectivity index (χ0v) is 21.3. The number of thioether (sulfide) groups is 1. The molecule has 184 valence electrons. The van der Waals surface area contributed by atoms with Crippen molar-refractivity contribution >= 4 is 51.3 Å². The van der Waals surface area contributed by atoms with Crippen molar-refractivity contribution in [3.63, 3.8) is 0 Å². The number of nitrogens with zero attached hydrogens (tertiary/aromatic N) is 2. The summed E-state index contributed by atoms with van der Waals surface area (Å²) in [7, 11) is 0. The highest BCUT2D eigenvalue weighted by atomic mass is 35.5. The summed E-state index contributed by atoms with van der Waals surface area (Å²) in [5.74, 6) is 1.20. The number of aliphatic imine (C=N–C) groups is 1. The molecular weight excluding hydrogens is 470 g/mol. The lowest BCUT2D eigenvalue weighted by atomic mass is 9.98. The summed E-state index contributed by atoms with van der Waals surface area (Å²) < 4.78 is 5.53. The van der Waals surface area contributed by atoms with Gasteiger partial charge < -0.3 is 19.8 Å². The standard InChI is InChI=1S/C25H34ClN5O2S/c1-16(24(27-6-9-32)31-7-10-33-11-8-31)22-15-34-25(30-22)21-13-17-12-18(26)14-20(23(17)29-21)28-19-4-2-3-5-19/h9,12-14,16,19,22,24,27-29H,2-8,10-11,15H2,1H3/t16?,22-,24?/m0/s1. The molecule has 7 nitrogen and oxygen atoms in total. The van der Waals surface area contributed by atoms with E-state index in [2.05, 4.69) is 33.5 Å². The largest absolute Gasteiger partial charge is 0.381 e. The first-order chi connectivity index (χ1) is 16.6. The van der Waals surface area contributed by atoms with Gasteiger partial charge >= 0.3 is 0 Å². The molecule has 2 unspecified atom stereocenters. The number of carbonyl (C=O) groups is 1. The van der Waals surface area contributed by atoms with Crippen molar-refractivity contribution in [2.45, 2.75) is 50.9 Å². The van der Waals surface area contributed by atoms with E-state index in [1.54, 1.807) is 11.8 Å². The molecule has 0 spiro atoms. The van der Waals surface area contributed by atoms with Gasteiger partial charge in [-0.2, -0.15) is 0 Å². The number of benzene rings is 1. The number of aromatic nitrogens is 1. The van der Waals surface area contributed by atoms with Crippen LogP contribution >= 0.6 is 23.4 Å². The molecule has 3 N–H and O–H groups in total. The first-order valence-electron chi connectivity index (χ1n) is 12.4. The second kappa shape index (κ2) is 11.0. The minimum Gasteiger partial charge on any atom is -0.381 e. The Labute approximate surface area is 210 Å². The number of carbonyl (C=O) groups excluding carboxylic acids is 1. The number of H-pyrrole nitrogens is 1. The number of aldehydes is 1. The number of morpholine rings is 1. The molecule has 1 aliphatic carbocycles. The fraction of sp³-hybridized carbons (Fsp3) is 0.600. The van der Waals surface area contributed by atoms with Crippen LogP contribution in [0.2, 0.25) is 5.02 Å². The number of anilines is 1. The lowest BCUT2D eigenvalue weighted by Gasteiger charge is -2.39. The molecule has 1 aromatic carbocycles. The van der Waals surface area contributed by atoms with E-state index < -0.39 is 0 Å². The Morgan fingerprint density at radius 1 is 1.29 bits per heavy atom. The Morgan fingerprint density at radius 2 is 2.09 bits per heavy atom. The Morgan fingerprint density at radius 3 is 2.85 bits per heavy atom. The summed E-state index contributed by atoms with van der Waals surface area (Å²) in [5.41, 5.74) is 3.24. The number of hydrogen-bond donors (Lipinski definition) is 3. The quantitative estimate of drug-likeness (QED) is 0.446. The van der Waals surface area contributed by atoms with Crippen LogP contribution in [-0.4, -0.2) is 78.1 Å². The molecule has 5 rings (SSSR count). The number of halogens is 1. The summed E-state index contributed by atoms with van der Waals surface area (Å²) in [6, 6.07) is 6.92. The van der Waals surface area contributed by atoms with Gasteiger partial charge in [-0.3, -0.25) is 15.2 Å². The number of rotatable bonds is 9. The third-order valence-corrected chi connectivity index (χ3v) is 8.59. The maximum atomic E-state index is 11.1. The Balaban J connectivity index is 1.36. The fourth-order valence-electron chi connectivity index (χ4n) is 5.42. The molecule has 0 bridgehead atoms. The van der Waals surface area contributed by atoms with Gasteiger partial charge in [0.15, 0.2) is 0 Å². The van der Waals surface area contributed by atoms with Gasteiger partial charge in [0.05, 0.1) is 48.9 Å². The highest BCUT2D eigenvalue weighted by Gasteiger charge is 2.34. The van der Waals surface area contributed by atoms with E-state index in [4.69, 9.17) is 21.3 Å². The van der Waals surface area contributed by atoms with Crippen LogP contribution in [0.1, 0.15) is 38.3 Å². The average molecular weight is 504 g/mol. The van der Waals surface area contributed by atoms with Gasteiger partial charge in [0.1, 0.15) is 11.3 Å². The molecule has 2 aromatic rings. The lowest BCUT2D eigenvalue weighted by molar-refractivity contribution is -0.107. The Bertz CT molecular complexity index is 1030. The van der Waals surface area contributed by atoms with Crippen LogP contribution in [0.3, 0.4) is 0 Å². The second-order valence-electron chi connectivity index (χ2n) is 9.57. The highest BCUT2D eigenvalue weighted by molar-refractivity contribution is 8.14. The van der Waals surface area contributed by atoms with E-state index in [-0.39, 0.29) is 18.1 Å². The third-order valence-electron chi connectivity index (χ3n) is 7.27. The molecule has 34 heavy (non-hydrogen) atoms. The van der Waals surface area contributed by atoms with Crippen molar-refractivity contribution in [3.8, 4) is 0 Å². The number of hydrogen-bond acceptors (Lipinski definition) is 7. The normalized spacial score (nSPS) is 23.8. The molecule has 9 heteroatoms. The molecule has 3 aliphatic rings. The van der Waals surface area contributed by atoms with Gasteiger partial charge in [-0.15, -0.1) is 11.8 Å². The van der Waals surface area contributed by atoms with Crippen LogP contribution in [0.15, 0.2) is 23.2 Å². The van der Waals surface area contributed by atoms with Gasteiger partial charge in [0, 0.05) is 41.2 Å². The number of nitrogens with one attached hydrogen (secondary N) is 3. The van der Waals surface area contributed by atoms with E-state index in [0.29, 0.717) is 12.6 Å². The van der Waals surface area contributed by atoms with Crippen molar-refractivity contribution in [2.75, 3.05) is 43.9 Å². The SMILES string of the molecule is CC(C(NCC=O)N1CCOCC1)[C@@H]1CSC(c2cc3cc(Cl)cc(NC4CCCC4)c3[nH]2)=N1. The Kier molecular flexibility index (Phi) is 7.80. The molecule has 1 saturated carbocycles. The molecule has 1 aromatic heterocycles. The molecule has 0 amide bonds. The highest BCUT2D eigenvalue weighted by Crippen LogP contribution is 2.35. The maximum Gasteiger partial charge on any atom is 0.133 e. The van der Waals surface area contributed by atoms with Crippen LogP contribution in [0.4, 0.5) is 5.69 Å². The minimum absolute atomic E-state index is 0.103. The van der Waals surface area contributed by atoms with E-state index >= 15 is 0 Å². The van der Waals surface area contributed by atoms with Gasteiger partial charge in [-0.1, -0.05) is 31.4 Å². The molecule has 2 aliphatic heterocycles. The summed E-state index contributed by atoms with van der Waals surface area (Å²) in [4.78, 5) is 22.2. The summed E-state index contributed by atoms with van der Waals surface area (Å²) in [5, 5.41) is 10.1. The number of aromatic amines is 1. The smallest absolute Gasteiger partial charge is 0.133 e. The van der Waals surface area contributed by atoms with E-state index in [1.807, 2.05) is 12.1 Å². The van der Waals surface area contributed by atoms with Crippen LogP contribution < -0.4 is 10.6 Å². The topological polar surface area (TPSA) is 81.8 Å². The molecule has 0 radical (unpaired) electrons. The molecule has 3 heterocycles. The summed E-state index contributed by atoms with van der Waals surface area (Å²) in [6.45, 7) is 5.80. The zero-order chi connectivity index (χ0) is 23.5. The predicted molar refractivity (Wildman–Crippen MR) is 141 cm³/mol. The zero-order valence-electron chi connectivity index (χ0n) is 19.7. The third kappa shape index (κ3) is 5.31. The fourth-order valence-corrected chi connectivity index (χ4v) is 6.82. The van der Waals surface area contributed by atoms with Crippen molar-refractivity contribution < 1.29 is 9.53 Å². The monoisotopic (exact) mass is 503 g/mol. The maximum absolute atomic E-state index is 11.1. The average Bonchev–Trinajstić information content (AvgIpc) is 3.60. The van der Waals surface area contributed by atoms with Crippen LogP contribution in [-0.2, 0) is 9.53 Å². The van der Waals surface area contributed by atoms with Gasteiger partial charge in [0.2, 0.25) is 0 Å². The van der Waals surface area contributed by atoms with Crippen molar-refractivity contribution in [1.29, 1.82) is 0 Å². The number of ether oxygens (including phenoxy) is 1. The van der Waals surface area contributed by atoms with Crippen LogP contribution in [0.5, 0.6) is 0 Å². The lowest BCUT2D eigenvalue weighted by Crippen LogP contribution is -2.56. The number of fused-ring (bicyclic) bond motifs is 1. The van der Waals surface area contributed by atoms with Crippen LogP contribution in [0.25, 0.3) is 10.9 Å². The second-order valence-corrected chi connectivity index (χ2v) is 11.0. The predicted octanol–water partition coefficient (Wildman–Crippen LogP) is 4.12. The van der Waals surface area contributed by atoms with E-state index in [9.17, 15) is 4.79 Å².